The summed E-state index contributed by atoms with van der Waals surface area (Å²) in [6.07, 6.45) is 0.873. The molecule has 2 aromatic carbocycles. The fourth-order valence-electron chi connectivity index (χ4n) is 2.72. The highest BCUT2D eigenvalue weighted by Gasteiger charge is 2.17. The summed E-state index contributed by atoms with van der Waals surface area (Å²) < 4.78 is 25.2. The Balaban J connectivity index is 1.77. The minimum atomic E-state index is -3.48. The summed E-state index contributed by atoms with van der Waals surface area (Å²) in [7, 11) is 1.62. The lowest BCUT2D eigenvalue weighted by atomic mass is 10.2. The molecule has 0 saturated heterocycles. The van der Waals surface area contributed by atoms with Crippen LogP contribution in [0.15, 0.2) is 59.5 Å². The monoisotopic (exact) mass is 390 g/mol. The number of quaternary nitrogens is 1. The molecule has 6 nitrogen and oxygen atoms in total. The quantitative estimate of drug-likeness (QED) is 0.622. The summed E-state index contributed by atoms with van der Waals surface area (Å²) >= 11 is 0. The maximum atomic E-state index is 12.2. The molecule has 0 heterocycles. The van der Waals surface area contributed by atoms with Crippen LogP contribution in [0.1, 0.15) is 22.3 Å². The first-order chi connectivity index (χ1) is 12.8. The van der Waals surface area contributed by atoms with Crippen molar-refractivity contribution in [3.05, 3.63) is 65.7 Å². The van der Waals surface area contributed by atoms with Gasteiger partial charge in [0.05, 0.1) is 18.5 Å². The number of hydrogen-bond donors (Lipinski definition) is 2. The standard InChI is InChI=1S/C20H27N3O3S/c1-22(2)27(25,26)19-12-10-18(11-13-19)20(24)21-14-7-15-23(3)16-17-8-5-4-6-9-17/h4-6,8-13H,7,14-16H2,1-3H3,(H,21,24)/p+1. The Morgan fingerprint density at radius 2 is 1.67 bits per heavy atom. The van der Waals surface area contributed by atoms with E-state index >= 15 is 0 Å². The van der Waals surface area contributed by atoms with Gasteiger partial charge in [-0.1, -0.05) is 30.3 Å². The Morgan fingerprint density at radius 3 is 2.26 bits per heavy atom. The lowest BCUT2D eigenvalue weighted by molar-refractivity contribution is -0.893. The summed E-state index contributed by atoms with van der Waals surface area (Å²) in [6, 6.07) is 16.3. The normalized spacial score (nSPS) is 12.7. The Bertz CT molecular complexity index is 835. The second kappa shape index (κ2) is 9.64. The number of amides is 1. The largest absolute Gasteiger partial charge is 0.352 e. The van der Waals surface area contributed by atoms with E-state index in [4.69, 9.17) is 0 Å². The predicted molar refractivity (Wildman–Crippen MR) is 106 cm³/mol. The van der Waals surface area contributed by atoms with Gasteiger partial charge in [0.2, 0.25) is 10.0 Å². The molecule has 2 rings (SSSR count). The molecule has 0 aliphatic carbocycles. The van der Waals surface area contributed by atoms with Gasteiger partial charge >= 0.3 is 0 Å². The van der Waals surface area contributed by atoms with Gasteiger partial charge in [-0.25, -0.2) is 12.7 Å². The Hall–Kier alpha value is -2.22. The molecule has 0 aromatic heterocycles. The zero-order valence-corrected chi connectivity index (χ0v) is 16.9. The van der Waals surface area contributed by atoms with Crippen LogP contribution in [0.25, 0.3) is 0 Å². The molecule has 1 unspecified atom stereocenters. The smallest absolute Gasteiger partial charge is 0.251 e. The number of rotatable bonds is 9. The fraction of sp³-hybridized carbons (Fsp3) is 0.350. The van der Waals surface area contributed by atoms with Gasteiger partial charge in [0.1, 0.15) is 6.54 Å². The molecule has 0 saturated carbocycles. The van der Waals surface area contributed by atoms with Gasteiger partial charge in [-0.05, 0) is 24.3 Å². The summed E-state index contributed by atoms with van der Waals surface area (Å²) in [5.74, 6) is -0.190. The molecule has 27 heavy (non-hydrogen) atoms. The van der Waals surface area contributed by atoms with Gasteiger partial charge in [0.25, 0.3) is 5.91 Å². The average molecular weight is 391 g/mol. The maximum Gasteiger partial charge on any atom is 0.251 e. The van der Waals surface area contributed by atoms with Crippen LogP contribution in [0.4, 0.5) is 0 Å². The molecule has 2 aromatic rings. The van der Waals surface area contributed by atoms with Crippen molar-refractivity contribution in [2.24, 2.45) is 0 Å². The molecule has 7 heteroatoms. The average Bonchev–Trinajstić information content (AvgIpc) is 2.66. The van der Waals surface area contributed by atoms with Gasteiger partial charge in [0.15, 0.2) is 0 Å². The first-order valence-electron chi connectivity index (χ1n) is 8.96. The van der Waals surface area contributed by atoms with E-state index < -0.39 is 10.0 Å². The highest BCUT2D eigenvalue weighted by molar-refractivity contribution is 7.89. The number of benzene rings is 2. The first-order valence-corrected chi connectivity index (χ1v) is 10.4. The Morgan fingerprint density at radius 1 is 1.04 bits per heavy atom. The summed E-state index contributed by atoms with van der Waals surface area (Å²) in [5.41, 5.74) is 1.75. The number of sulfonamides is 1. The second-order valence-electron chi connectivity index (χ2n) is 6.79. The van der Waals surface area contributed by atoms with Crippen molar-refractivity contribution in [3.63, 3.8) is 0 Å². The molecule has 0 radical (unpaired) electrons. The van der Waals surface area contributed by atoms with Gasteiger partial charge in [-0.15, -0.1) is 0 Å². The molecule has 0 aliphatic heterocycles. The first kappa shape index (κ1) is 21.1. The van der Waals surface area contributed by atoms with E-state index in [0.29, 0.717) is 12.1 Å². The van der Waals surface area contributed by atoms with Crippen molar-refractivity contribution in [2.45, 2.75) is 17.9 Å². The second-order valence-corrected chi connectivity index (χ2v) is 8.94. The van der Waals surface area contributed by atoms with E-state index in [9.17, 15) is 13.2 Å². The number of carbonyl (C=O) groups is 1. The minimum Gasteiger partial charge on any atom is -0.352 e. The summed E-state index contributed by atoms with van der Waals surface area (Å²) in [5, 5.41) is 2.89. The topological polar surface area (TPSA) is 70.9 Å². The van der Waals surface area contributed by atoms with Crippen LogP contribution in [0.2, 0.25) is 0 Å². The van der Waals surface area contributed by atoms with Crippen molar-refractivity contribution < 1.29 is 18.1 Å². The Kier molecular flexibility index (Phi) is 7.53. The van der Waals surface area contributed by atoms with Crippen molar-refractivity contribution in [1.82, 2.24) is 9.62 Å². The molecular weight excluding hydrogens is 362 g/mol. The van der Waals surface area contributed by atoms with Crippen molar-refractivity contribution in [2.75, 3.05) is 34.2 Å². The van der Waals surface area contributed by atoms with Gasteiger partial charge in [0, 0.05) is 38.2 Å². The third-order valence-electron chi connectivity index (χ3n) is 4.31. The minimum absolute atomic E-state index is 0.176. The van der Waals surface area contributed by atoms with Crippen molar-refractivity contribution in [3.8, 4) is 0 Å². The van der Waals surface area contributed by atoms with Crippen molar-refractivity contribution in [1.29, 1.82) is 0 Å². The van der Waals surface area contributed by atoms with Crippen LogP contribution >= 0.6 is 0 Å². The number of hydrogen-bond acceptors (Lipinski definition) is 3. The van der Waals surface area contributed by atoms with Crippen LogP contribution < -0.4 is 10.2 Å². The van der Waals surface area contributed by atoms with Gasteiger partial charge in [-0.2, -0.15) is 0 Å². The molecule has 0 fully saturated rings. The van der Waals surface area contributed by atoms with Gasteiger partial charge < -0.3 is 10.2 Å². The maximum absolute atomic E-state index is 12.2. The van der Waals surface area contributed by atoms with E-state index in [1.807, 2.05) is 18.2 Å². The molecule has 146 valence electrons. The molecule has 0 bridgehead atoms. The van der Waals surface area contributed by atoms with Crippen LogP contribution in [-0.2, 0) is 16.6 Å². The number of carbonyl (C=O) groups excluding carboxylic acids is 1. The lowest BCUT2D eigenvalue weighted by Crippen LogP contribution is -3.07. The number of nitrogens with one attached hydrogen (secondary N) is 2. The summed E-state index contributed by atoms with van der Waals surface area (Å²) in [4.78, 5) is 13.8. The Labute approximate surface area is 161 Å². The molecule has 1 atom stereocenters. The van der Waals surface area contributed by atoms with Gasteiger partial charge in [-0.3, -0.25) is 4.79 Å². The summed E-state index contributed by atoms with van der Waals surface area (Å²) in [6.45, 7) is 2.49. The molecule has 1 amide bonds. The van der Waals surface area contributed by atoms with Crippen LogP contribution in [-0.4, -0.2) is 52.9 Å². The number of nitrogens with zero attached hydrogens (tertiary/aromatic N) is 1. The fourth-order valence-corrected chi connectivity index (χ4v) is 3.62. The third-order valence-corrected chi connectivity index (χ3v) is 6.14. The van der Waals surface area contributed by atoms with E-state index in [-0.39, 0.29) is 10.8 Å². The van der Waals surface area contributed by atoms with Crippen LogP contribution in [0, 0.1) is 0 Å². The van der Waals surface area contributed by atoms with E-state index in [2.05, 4.69) is 24.5 Å². The van der Waals surface area contributed by atoms with Crippen molar-refractivity contribution >= 4 is 15.9 Å². The van der Waals surface area contributed by atoms with E-state index in [1.165, 1.54) is 36.7 Å². The predicted octanol–water partition coefficient (Wildman–Crippen LogP) is 0.772. The zero-order chi connectivity index (χ0) is 19.9. The van der Waals surface area contributed by atoms with E-state index in [0.717, 1.165) is 23.8 Å². The molecule has 0 aliphatic rings. The van der Waals surface area contributed by atoms with Crippen LogP contribution in [0.3, 0.4) is 0 Å². The third kappa shape index (κ3) is 6.16. The molecule has 0 spiro atoms. The zero-order valence-electron chi connectivity index (χ0n) is 16.1. The molecular formula is C20H28N3O3S+. The highest BCUT2D eigenvalue weighted by atomic mass is 32.2. The molecule has 2 N–H and O–H groups in total. The highest BCUT2D eigenvalue weighted by Crippen LogP contribution is 2.13. The van der Waals surface area contributed by atoms with Crippen LogP contribution in [0.5, 0.6) is 0 Å². The lowest BCUT2D eigenvalue weighted by Gasteiger charge is -2.14. The van der Waals surface area contributed by atoms with E-state index in [1.54, 1.807) is 12.1 Å². The SMILES string of the molecule is CN(C)S(=O)(=O)c1ccc(C(=O)NCCC[NH+](C)Cc2ccccc2)cc1.